The van der Waals surface area contributed by atoms with Crippen molar-refractivity contribution in [1.29, 1.82) is 0 Å². The van der Waals surface area contributed by atoms with Gasteiger partial charge in [-0.25, -0.2) is 0 Å². The minimum atomic E-state index is -0.315. The van der Waals surface area contributed by atoms with Crippen LogP contribution >= 0.6 is 0 Å². The number of phenolic OH excluding ortho intramolecular Hbond substituents is 1. The zero-order chi connectivity index (χ0) is 18.7. The van der Waals surface area contributed by atoms with E-state index >= 15 is 0 Å². The van der Waals surface area contributed by atoms with Crippen molar-refractivity contribution in [3.8, 4) is 11.5 Å². The fourth-order valence-corrected chi connectivity index (χ4v) is 4.24. The Labute approximate surface area is 157 Å². The number of hydrogen-bond donors (Lipinski definition) is 2. The lowest BCUT2D eigenvalue weighted by atomic mass is 9.87. The molecule has 0 bridgehead atoms. The van der Waals surface area contributed by atoms with E-state index in [1.54, 1.807) is 11.1 Å². The Bertz CT molecular complexity index is 958. The van der Waals surface area contributed by atoms with Gasteiger partial charge in [-0.3, -0.25) is 10.2 Å². The number of carbonyl (C=O) groups excluding carboxylic acids is 1. The first-order chi connectivity index (χ1) is 13.0. The molecule has 6 nitrogen and oxygen atoms in total. The van der Waals surface area contributed by atoms with Gasteiger partial charge in [-0.1, -0.05) is 38.1 Å². The lowest BCUT2D eigenvalue weighted by molar-refractivity contribution is 0.0747. The molecule has 0 aromatic heterocycles. The summed E-state index contributed by atoms with van der Waals surface area (Å²) in [7, 11) is 0. The molecule has 1 amide bonds. The number of nitrogens with one attached hydrogen (secondary N) is 1. The lowest BCUT2D eigenvalue weighted by Gasteiger charge is -2.20. The van der Waals surface area contributed by atoms with E-state index in [1.807, 2.05) is 30.3 Å². The van der Waals surface area contributed by atoms with Gasteiger partial charge in [-0.15, -0.1) is 0 Å². The Morgan fingerprint density at radius 3 is 2.67 bits per heavy atom. The molecule has 0 fully saturated rings. The second kappa shape index (κ2) is 5.74. The molecular weight excluding hydrogens is 342 g/mol. The van der Waals surface area contributed by atoms with Crippen molar-refractivity contribution in [2.75, 3.05) is 0 Å². The van der Waals surface area contributed by atoms with Crippen molar-refractivity contribution in [3.05, 3.63) is 58.1 Å². The third-order valence-corrected chi connectivity index (χ3v) is 5.65. The smallest absolute Gasteiger partial charge is 0.258 e. The molecule has 3 aliphatic heterocycles. The van der Waals surface area contributed by atoms with E-state index in [-0.39, 0.29) is 29.7 Å². The van der Waals surface area contributed by atoms with Gasteiger partial charge in [0.05, 0.1) is 11.5 Å². The molecule has 2 atom stereocenters. The Hall–Kier alpha value is -3.02. The maximum atomic E-state index is 13.2. The van der Waals surface area contributed by atoms with Crippen LogP contribution in [0.25, 0.3) is 0 Å². The average Bonchev–Trinajstić information content (AvgIpc) is 3.35. The molecule has 0 radical (unpaired) electrons. The normalized spacial score (nSPS) is 21.7. The summed E-state index contributed by atoms with van der Waals surface area (Å²) in [6.07, 6.45) is 1.49. The number of amides is 1. The summed E-state index contributed by atoms with van der Waals surface area (Å²) in [6.45, 7) is 5.28. The van der Waals surface area contributed by atoms with Gasteiger partial charge >= 0.3 is 0 Å². The number of benzene rings is 2. The molecular formula is C21H21N3O3. The van der Waals surface area contributed by atoms with Crippen LogP contribution in [0.1, 0.15) is 58.3 Å². The van der Waals surface area contributed by atoms with Crippen LogP contribution in [0.2, 0.25) is 0 Å². The second-order valence-corrected chi connectivity index (χ2v) is 7.66. The molecule has 138 valence electrons. The molecule has 0 saturated heterocycles. The van der Waals surface area contributed by atoms with Crippen LogP contribution in [-0.2, 0) is 13.1 Å². The van der Waals surface area contributed by atoms with Gasteiger partial charge in [0.1, 0.15) is 0 Å². The van der Waals surface area contributed by atoms with E-state index < -0.39 is 0 Å². The molecule has 2 aromatic carbocycles. The van der Waals surface area contributed by atoms with Crippen molar-refractivity contribution < 1.29 is 14.6 Å². The molecule has 3 aliphatic rings. The van der Waals surface area contributed by atoms with Crippen LogP contribution in [-0.4, -0.2) is 28.4 Å². The van der Waals surface area contributed by atoms with Crippen molar-refractivity contribution in [3.63, 3.8) is 0 Å². The quantitative estimate of drug-likeness (QED) is 0.860. The van der Waals surface area contributed by atoms with Crippen LogP contribution in [0, 0.1) is 0 Å². The third-order valence-electron chi connectivity index (χ3n) is 5.65. The Morgan fingerprint density at radius 2 is 2.00 bits per heavy atom. The number of hydrazone groups is 1. The zero-order valence-electron chi connectivity index (χ0n) is 15.3. The SMILES string of the molecule is CC(C)c1cc(C(=O)N2Cc3ccccc3C2)c(O)c2c1C1C=NNC1O2. The number of rotatable bonds is 2. The van der Waals surface area contributed by atoms with E-state index in [1.165, 1.54) is 0 Å². The van der Waals surface area contributed by atoms with Gasteiger partial charge in [-0.05, 0) is 28.7 Å². The molecule has 0 saturated carbocycles. The summed E-state index contributed by atoms with van der Waals surface area (Å²) in [5.41, 5.74) is 7.48. The maximum absolute atomic E-state index is 13.2. The van der Waals surface area contributed by atoms with Crippen molar-refractivity contribution in [2.45, 2.75) is 45.0 Å². The monoisotopic (exact) mass is 363 g/mol. The number of hydrogen-bond acceptors (Lipinski definition) is 5. The highest BCUT2D eigenvalue weighted by Gasteiger charge is 2.42. The summed E-state index contributed by atoms with van der Waals surface area (Å²) in [6, 6.07) is 9.89. The first kappa shape index (κ1) is 16.2. The second-order valence-electron chi connectivity index (χ2n) is 7.66. The molecule has 3 heterocycles. The van der Waals surface area contributed by atoms with Crippen LogP contribution < -0.4 is 10.2 Å². The Morgan fingerprint density at radius 1 is 1.30 bits per heavy atom. The van der Waals surface area contributed by atoms with Crippen LogP contribution in [0.15, 0.2) is 35.4 Å². The molecule has 2 N–H and O–H groups in total. The van der Waals surface area contributed by atoms with E-state index in [4.69, 9.17) is 4.74 Å². The van der Waals surface area contributed by atoms with Crippen molar-refractivity contribution in [2.24, 2.45) is 5.10 Å². The summed E-state index contributed by atoms with van der Waals surface area (Å²) in [4.78, 5) is 15.0. The van der Waals surface area contributed by atoms with E-state index in [0.717, 1.165) is 22.3 Å². The minimum Gasteiger partial charge on any atom is -0.504 e. The summed E-state index contributed by atoms with van der Waals surface area (Å²) in [5, 5.41) is 15.0. The highest BCUT2D eigenvalue weighted by Crippen LogP contribution is 2.49. The topological polar surface area (TPSA) is 74.2 Å². The number of fused-ring (bicyclic) bond motifs is 4. The summed E-state index contributed by atoms with van der Waals surface area (Å²) < 4.78 is 5.91. The number of phenols is 1. The van der Waals surface area contributed by atoms with E-state index in [2.05, 4.69) is 24.4 Å². The number of carbonyl (C=O) groups is 1. The highest BCUT2D eigenvalue weighted by atomic mass is 16.5. The zero-order valence-corrected chi connectivity index (χ0v) is 15.3. The highest BCUT2D eigenvalue weighted by molar-refractivity contribution is 5.99. The van der Waals surface area contributed by atoms with E-state index in [0.29, 0.717) is 24.4 Å². The number of nitrogens with zero attached hydrogens (tertiary/aromatic N) is 2. The largest absolute Gasteiger partial charge is 0.504 e. The van der Waals surface area contributed by atoms with Gasteiger partial charge in [0.25, 0.3) is 5.91 Å². The van der Waals surface area contributed by atoms with Crippen LogP contribution in [0.5, 0.6) is 11.5 Å². The summed E-state index contributed by atoms with van der Waals surface area (Å²) >= 11 is 0. The molecule has 0 spiro atoms. The van der Waals surface area contributed by atoms with Gasteiger partial charge in [0.2, 0.25) is 0 Å². The first-order valence-corrected chi connectivity index (χ1v) is 9.25. The third kappa shape index (κ3) is 2.32. The van der Waals surface area contributed by atoms with Gasteiger partial charge in [0.15, 0.2) is 17.7 Å². The van der Waals surface area contributed by atoms with Gasteiger partial charge < -0.3 is 14.7 Å². The first-order valence-electron chi connectivity index (χ1n) is 9.25. The fraction of sp³-hybridized carbons (Fsp3) is 0.333. The summed E-state index contributed by atoms with van der Waals surface area (Å²) in [5.74, 6) is 0.326. The Balaban J connectivity index is 1.56. The van der Waals surface area contributed by atoms with Gasteiger partial charge in [0, 0.05) is 24.9 Å². The molecule has 6 heteroatoms. The molecule has 0 aliphatic carbocycles. The predicted octanol–water partition coefficient (Wildman–Crippen LogP) is 3.06. The van der Waals surface area contributed by atoms with Crippen molar-refractivity contribution in [1.82, 2.24) is 10.3 Å². The molecule has 27 heavy (non-hydrogen) atoms. The standard InChI is InChI=1S/C21H21N3O3/c1-11(2)14-7-15(18(25)19-17(14)16-8-22-23-20(16)27-19)21(26)24-9-12-5-3-4-6-13(12)10-24/h3-8,11,16,20,23,25H,9-10H2,1-2H3. The number of ether oxygens (including phenoxy) is 1. The fourth-order valence-electron chi connectivity index (χ4n) is 4.24. The number of aromatic hydroxyl groups is 1. The Kier molecular flexibility index (Phi) is 3.44. The molecule has 2 unspecified atom stereocenters. The average molecular weight is 363 g/mol. The van der Waals surface area contributed by atoms with Crippen LogP contribution in [0.3, 0.4) is 0 Å². The molecule has 5 rings (SSSR count). The maximum Gasteiger partial charge on any atom is 0.258 e. The predicted molar refractivity (Wildman–Crippen MR) is 101 cm³/mol. The lowest BCUT2D eigenvalue weighted by Crippen LogP contribution is -2.27. The van der Waals surface area contributed by atoms with Gasteiger partial charge in [-0.2, -0.15) is 5.10 Å². The van der Waals surface area contributed by atoms with E-state index in [9.17, 15) is 9.90 Å². The molecule has 2 aromatic rings. The van der Waals surface area contributed by atoms with Crippen LogP contribution in [0.4, 0.5) is 0 Å². The minimum absolute atomic E-state index is 0.0384. The van der Waals surface area contributed by atoms with Crippen molar-refractivity contribution >= 4 is 12.1 Å².